The molecule has 0 saturated heterocycles. The van der Waals surface area contributed by atoms with E-state index in [9.17, 15) is 0 Å². The number of para-hydroxylation sites is 1. The minimum absolute atomic E-state index is 0.836. The highest BCUT2D eigenvalue weighted by Crippen LogP contribution is 2.12. The molecule has 2 heterocycles. The number of aromatic nitrogens is 1. The second-order valence-electron chi connectivity index (χ2n) is 4.04. The lowest BCUT2D eigenvalue weighted by Crippen LogP contribution is -2.01. The van der Waals surface area contributed by atoms with Crippen molar-refractivity contribution in [2.45, 2.75) is 6.54 Å². The topological polar surface area (TPSA) is 16.4 Å². The summed E-state index contributed by atoms with van der Waals surface area (Å²) in [6, 6.07) is 20.8. The lowest BCUT2D eigenvalue weighted by atomic mass is 10.3. The van der Waals surface area contributed by atoms with Crippen molar-refractivity contribution in [3.8, 4) is 0 Å². The minimum Gasteiger partial charge on any atom is -0.379 e. The predicted molar refractivity (Wildman–Crippen MR) is 71.2 cm³/mol. The van der Waals surface area contributed by atoms with E-state index in [0.717, 1.165) is 12.2 Å². The van der Waals surface area contributed by atoms with Gasteiger partial charge in [0.05, 0.1) is 6.54 Å². The number of pyridine rings is 1. The molecule has 2 nitrogen and oxygen atoms in total. The van der Waals surface area contributed by atoms with Crippen molar-refractivity contribution < 1.29 is 0 Å². The number of nitrogens with one attached hydrogen (secondary N) is 1. The Morgan fingerprint density at radius 1 is 0.824 bits per heavy atom. The van der Waals surface area contributed by atoms with Crippen LogP contribution in [-0.2, 0) is 6.54 Å². The molecule has 3 aromatic rings. The lowest BCUT2D eigenvalue weighted by Gasteiger charge is -2.06. The Labute approximate surface area is 101 Å². The van der Waals surface area contributed by atoms with Gasteiger partial charge >= 0.3 is 0 Å². The summed E-state index contributed by atoms with van der Waals surface area (Å²) in [6.07, 6.45) is 2.09. The van der Waals surface area contributed by atoms with Crippen LogP contribution in [0.5, 0.6) is 0 Å². The van der Waals surface area contributed by atoms with Gasteiger partial charge in [0.2, 0.25) is 0 Å². The third kappa shape index (κ3) is 2.02. The first-order valence-electron chi connectivity index (χ1n) is 5.77. The fraction of sp³-hybridized carbons (Fsp3) is 0.0667. The monoisotopic (exact) mass is 222 g/mol. The predicted octanol–water partition coefficient (Wildman–Crippen LogP) is 3.55. The van der Waals surface area contributed by atoms with Gasteiger partial charge in [-0.3, -0.25) is 0 Å². The van der Waals surface area contributed by atoms with Gasteiger partial charge in [-0.1, -0.05) is 24.3 Å². The molecule has 0 aliphatic rings. The summed E-state index contributed by atoms with van der Waals surface area (Å²) in [5.41, 5.74) is 3.65. The molecule has 84 valence electrons. The van der Waals surface area contributed by atoms with E-state index in [2.05, 4.69) is 58.4 Å². The molecular formula is C15H14N2. The zero-order chi connectivity index (χ0) is 11.5. The zero-order valence-electron chi connectivity index (χ0n) is 9.51. The van der Waals surface area contributed by atoms with Gasteiger partial charge in [-0.2, -0.15) is 0 Å². The van der Waals surface area contributed by atoms with Gasteiger partial charge in [0, 0.05) is 23.1 Å². The largest absolute Gasteiger partial charge is 0.379 e. The molecule has 0 saturated carbocycles. The summed E-state index contributed by atoms with van der Waals surface area (Å²) in [5, 5.41) is 3.42. The quantitative estimate of drug-likeness (QED) is 0.716. The Morgan fingerprint density at radius 2 is 1.65 bits per heavy atom. The molecule has 0 aliphatic carbocycles. The normalized spacial score (nSPS) is 10.6. The van der Waals surface area contributed by atoms with E-state index in [-0.39, 0.29) is 0 Å². The number of fused-ring (bicyclic) bond motifs is 1. The summed E-state index contributed by atoms with van der Waals surface area (Å²) in [4.78, 5) is 0. The van der Waals surface area contributed by atoms with Crippen LogP contribution in [0.25, 0.3) is 5.52 Å². The second-order valence-corrected chi connectivity index (χ2v) is 4.04. The SMILES string of the molecule is c1ccc(NCc2ccc3ccccn23)cc1. The molecule has 0 spiro atoms. The molecule has 0 unspecified atom stereocenters. The van der Waals surface area contributed by atoms with Crippen LogP contribution < -0.4 is 5.32 Å². The fourth-order valence-electron chi connectivity index (χ4n) is 2.01. The standard InChI is InChI=1S/C15H14N2/c1-2-6-13(7-3-1)16-12-15-10-9-14-8-4-5-11-17(14)15/h1-11,16H,12H2. The maximum atomic E-state index is 3.42. The zero-order valence-corrected chi connectivity index (χ0v) is 9.51. The van der Waals surface area contributed by atoms with E-state index in [1.54, 1.807) is 0 Å². The molecule has 0 aliphatic heterocycles. The number of anilines is 1. The molecule has 0 atom stereocenters. The van der Waals surface area contributed by atoms with Crippen LogP contribution in [0.3, 0.4) is 0 Å². The van der Waals surface area contributed by atoms with Crippen LogP contribution in [0.15, 0.2) is 66.9 Å². The van der Waals surface area contributed by atoms with Crippen molar-refractivity contribution in [2.75, 3.05) is 5.32 Å². The lowest BCUT2D eigenvalue weighted by molar-refractivity contribution is 1.00. The minimum atomic E-state index is 0.836. The third-order valence-corrected chi connectivity index (χ3v) is 2.89. The second kappa shape index (κ2) is 4.34. The molecule has 3 rings (SSSR count). The van der Waals surface area contributed by atoms with Crippen molar-refractivity contribution in [2.24, 2.45) is 0 Å². The molecular weight excluding hydrogens is 208 g/mol. The van der Waals surface area contributed by atoms with Crippen molar-refractivity contribution in [3.05, 3.63) is 72.6 Å². The summed E-state index contributed by atoms with van der Waals surface area (Å²) in [6.45, 7) is 0.836. The maximum Gasteiger partial charge on any atom is 0.0556 e. The molecule has 0 radical (unpaired) electrons. The Kier molecular flexibility index (Phi) is 2.54. The van der Waals surface area contributed by atoms with E-state index in [1.165, 1.54) is 11.2 Å². The van der Waals surface area contributed by atoms with Gasteiger partial charge in [-0.25, -0.2) is 0 Å². The van der Waals surface area contributed by atoms with E-state index in [4.69, 9.17) is 0 Å². The summed E-state index contributed by atoms with van der Waals surface area (Å²) < 4.78 is 2.20. The van der Waals surface area contributed by atoms with Gasteiger partial charge in [0.25, 0.3) is 0 Å². The van der Waals surface area contributed by atoms with Crippen LogP contribution in [0.1, 0.15) is 5.69 Å². The Hall–Kier alpha value is -2.22. The smallest absolute Gasteiger partial charge is 0.0556 e. The molecule has 2 aromatic heterocycles. The molecule has 1 aromatic carbocycles. The molecule has 0 amide bonds. The van der Waals surface area contributed by atoms with E-state index < -0.39 is 0 Å². The summed E-state index contributed by atoms with van der Waals surface area (Å²) in [7, 11) is 0. The first-order valence-corrected chi connectivity index (χ1v) is 5.77. The van der Waals surface area contributed by atoms with Crippen molar-refractivity contribution in [1.82, 2.24) is 4.40 Å². The Morgan fingerprint density at radius 3 is 2.53 bits per heavy atom. The van der Waals surface area contributed by atoms with Crippen molar-refractivity contribution >= 4 is 11.2 Å². The number of benzene rings is 1. The number of nitrogens with zero attached hydrogens (tertiary/aromatic N) is 1. The molecule has 1 N–H and O–H groups in total. The first-order chi connectivity index (χ1) is 8.43. The fourth-order valence-corrected chi connectivity index (χ4v) is 2.01. The summed E-state index contributed by atoms with van der Waals surface area (Å²) in [5.74, 6) is 0. The molecule has 0 fully saturated rings. The highest BCUT2D eigenvalue weighted by atomic mass is 14.9. The summed E-state index contributed by atoms with van der Waals surface area (Å²) >= 11 is 0. The van der Waals surface area contributed by atoms with E-state index in [1.807, 2.05) is 18.2 Å². The third-order valence-electron chi connectivity index (χ3n) is 2.89. The first kappa shape index (κ1) is 9.97. The molecule has 17 heavy (non-hydrogen) atoms. The van der Waals surface area contributed by atoms with Gasteiger partial charge < -0.3 is 9.72 Å². The highest BCUT2D eigenvalue weighted by molar-refractivity contribution is 5.50. The molecule has 2 heteroatoms. The number of hydrogen-bond donors (Lipinski definition) is 1. The van der Waals surface area contributed by atoms with Gasteiger partial charge in [-0.15, -0.1) is 0 Å². The Bertz CT molecular complexity index is 611. The van der Waals surface area contributed by atoms with Gasteiger partial charge in [0.1, 0.15) is 0 Å². The molecule has 0 bridgehead atoms. The van der Waals surface area contributed by atoms with Crippen molar-refractivity contribution in [1.29, 1.82) is 0 Å². The number of rotatable bonds is 3. The average molecular weight is 222 g/mol. The Balaban J connectivity index is 1.82. The van der Waals surface area contributed by atoms with Crippen LogP contribution >= 0.6 is 0 Å². The van der Waals surface area contributed by atoms with Crippen LogP contribution in [0.4, 0.5) is 5.69 Å². The maximum absolute atomic E-state index is 3.42. The van der Waals surface area contributed by atoms with Crippen LogP contribution in [-0.4, -0.2) is 4.40 Å². The van der Waals surface area contributed by atoms with Crippen LogP contribution in [0, 0.1) is 0 Å². The highest BCUT2D eigenvalue weighted by Gasteiger charge is 1.99. The van der Waals surface area contributed by atoms with Crippen molar-refractivity contribution in [3.63, 3.8) is 0 Å². The van der Waals surface area contributed by atoms with E-state index >= 15 is 0 Å². The van der Waals surface area contributed by atoms with E-state index in [0.29, 0.717) is 0 Å². The van der Waals surface area contributed by atoms with Crippen LogP contribution in [0.2, 0.25) is 0 Å². The number of hydrogen-bond acceptors (Lipinski definition) is 1. The van der Waals surface area contributed by atoms with Gasteiger partial charge in [0.15, 0.2) is 0 Å². The average Bonchev–Trinajstić information content (AvgIpc) is 2.81. The van der Waals surface area contributed by atoms with Gasteiger partial charge in [-0.05, 0) is 36.4 Å².